The zero-order valence-corrected chi connectivity index (χ0v) is 17.8. The molecule has 9 heteroatoms. The molecule has 0 aliphatic carbocycles. The van der Waals surface area contributed by atoms with Crippen LogP contribution in [0.3, 0.4) is 0 Å². The number of nitriles is 1. The third-order valence-electron chi connectivity index (χ3n) is 5.73. The summed E-state index contributed by atoms with van der Waals surface area (Å²) in [6, 6.07) is 9.36. The summed E-state index contributed by atoms with van der Waals surface area (Å²) in [5.41, 5.74) is 2.82. The molecule has 150 valence electrons. The number of hydrogen-bond donors (Lipinski definition) is 0. The molecule has 4 heterocycles. The Morgan fingerprint density at radius 2 is 2.07 bits per heavy atom. The molecule has 0 amide bonds. The Morgan fingerprint density at radius 3 is 2.77 bits per heavy atom. The van der Waals surface area contributed by atoms with Crippen molar-refractivity contribution in [2.45, 2.75) is 18.9 Å². The maximum Gasteiger partial charge on any atom is 0.331 e. The number of nitrogens with zero attached hydrogens (tertiary/aromatic N) is 5. The lowest BCUT2D eigenvalue weighted by molar-refractivity contribution is 0.705. The first kappa shape index (κ1) is 18.9. The highest BCUT2D eigenvalue weighted by Crippen LogP contribution is 2.44. The van der Waals surface area contributed by atoms with Gasteiger partial charge in [0.15, 0.2) is 0 Å². The van der Waals surface area contributed by atoms with E-state index in [9.17, 15) is 14.9 Å². The zero-order chi connectivity index (χ0) is 21.2. The van der Waals surface area contributed by atoms with Gasteiger partial charge in [0, 0.05) is 31.6 Å². The number of aromatic nitrogens is 4. The Kier molecular flexibility index (Phi) is 4.20. The smallest absolute Gasteiger partial charge is 0.331 e. The predicted molar refractivity (Wildman–Crippen MR) is 116 cm³/mol. The van der Waals surface area contributed by atoms with Crippen molar-refractivity contribution >= 4 is 33.8 Å². The van der Waals surface area contributed by atoms with Gasteiger partial charge >= 0.3 is 5.69 Å². The van der Waals surface area contributed by atoms with Gasteiger partial charge in [0.2, 0.25) is 0 Å². The van der Waals surface area contributed by atoms with E-state index in [1.807, 2.05) is 6.07 Å². The molecule has 1 aromatic carbocycles. The second-order valence-corrected chi connectivity index (χ2v) is 8.63. The summed E-state index contributed by atoms with van der Waals surface area (Å²) in [4.78, 5) is 30.4. The summed E-state index contributed by atoms with van der Waals surface area (Å²) < 4.78 is 4.76. The SMILES string of the molecule is Cn1c(=O)c2c(-c3cccc(C#N)c3)n3c(c2n(C)c1=O)C(c1nc(Cl)cs1)CC3. The van der Waals surface area contributed by atoms with E-state index in [0.29, 0.717) is 28.2 Å². The Morgan fingerprint density at radius 1 is 1.27 bits per heavy atom. The first-order chi connectivity index (χ1) is 14.4. The van der Waals surface area contributed by atoms with Crippen molar-refractivity contribution in [3.63, 3.8) is 0 Å². The molecule has 0 fully saturated rings. The van der Waals surface area contributed by atoms with Gasteiger partial charge in [-0.15, -0.1) is 11.3 Å². The van der Waals surface area contributed by atoms with Gasteiger partial charge in [0.1, 0.15) is 10.2 Å². The molecule has 0 spiro atoms. The predicted octanol–water partition coefficient (Wildman–Crippen LogP) is 3.22. The van der Waals surface area contributed by atoms with Crippen LogP contribution in [0.2, 0.25) is 5.15 Å². The fourth-order valence-corrected chi connectivity index (χ4v) is 5.52. The number of halogens is 1. The summed E-state index contributed by atoms with van der Waals surface area (Å²) in [6.07, 6.45) is 0.795. The van der Waals surface area contributed by atoms with Gasteiger partial charge in [0.25, 0.3) is 5.56 Å². The van der Waals surface area contributed by atoms with Crippen molar-refractivity contribution in [1.82, 2.24) is 18.7 Å². The van der Waals surface area contributed by atoms with Crippen molar-refractivity contribution in [2.75, 3.05) is 0 Å². The van der Waals surface area contributed by atoms with E-state index in [-0.39, 0.29) is 17.2 Å². The summed E-state index contributed by atoms with van der Waals surface area (Å²) in [5.74, 6) is -0.0596. The van der Waals surface area contributed by atoms with Crippen LogP contribution >= 0.6 is 22.9 Å². The minimum absolute atomic E-state index is 0.0596. The highest BCUT2D eigenvalue weighted by molar-refractivity contribution is 7.10. The molecule has 0 N–H and O–H groups in total. The molecular weight excluding hydrogens is 422 g/mol. The van der Waals surface area contributed by atoms with Crippen molar-refractivity contribution in [3.8, 4) is 17.3 Å². The Labute approximate surface area is 180 Å². The number of benzene rings is 1. The maximum absolute atomic E-state index is 13.2. The van der Waals surface area contributed by atoms with Gasteiger partial charge in [0.05, 0.1) is 39.8 Å². The molecule has 1 atom stereocenters. The molecule has 30 heavy (non-hydrogen) atoms. The third-order valence-corrected chi connectivity index (χ3v) is 7.01. The molecule has 5 rings (SSSR count). The molecular formula is C21H16ClN5O2S. The van der Waals surface area contributed by atoms with E-state index in [4.69, 9.17) is 11.6 Å². The summed E-state index contributed by atoms with van der Waals surface area (Å²) in [5, 5.41) is 12.9. The van der Waals surface area contributed by atoms with Crippen LogP contribution in [-0.2, 0) is 20.6 Å². The molecule has 1 aliphatic rings. The quantitative estimate of drug-likeness (QED) is 0.482. The lowest BCUT2D eigenvalue weighted by atomic mass is 10.0. The van der Waals surface area contributed by atoms with Crippen LogP contribution in [0.15, 0.2) is 39.2 Å². The Bertz CT molecular complexity index is 1500. The Balaban J connectivity index is 1.94. The lowest BCUT2D eigenvalue weighted by Gasteiger charge is -2.10. The monoisotopic (exact) mass is 437 g/mol. The standard InChI is InChI=1S/C21H16ClN5O2S/c1-25-18-15(20(28)26(2)21(25)29)16(12-5-3-4-11(8-12)9-23)27-7-6-13(17(18)27)19-24-14(22)10-30-19/h3-5,8,10,13H,6-7H2,1-2H3. The van der Waals surface area contributed by atoms with Crippen LogP contribution in [-0.4, -0.2) is 18.7 Å². The van der Waals surface area contributed by atoms with E-state index >= 15 is 0 Å². The fourth-order valence-electron chi connectivity index (χ4n) is 4.42. The molecule has 0 radical (unpaired) electrons. The van der Waals surface area contributed by atoms with Gasteiger partial charge in [-0.25, -0.2) is 9.78 Å². The molecule has 0 saturated heterocycles. The summed E-state index contributed by atoms with van der Waals surface area (Å²) >= 11 is 7.55. The minimum atomic E-state index is -0.374. The number of aryl methyl sites for hydroxylation is 1. The van der Waals surface area contributed by atoms with Crippen molar-refractivity contribution in [2.24, 2.45) is 14.1 Å². The van der Waals surface area contributed by atoms with Crippen LogP contribution in [0, 0.1) is 11.3 Å². The highest BCUT2D eigenvalue weighted by atomic mass is 35.5. The van der Waals surface area contributed by atoms with Crippen LogP contribution in [0.25, 0.3) is 22.2 Å². The minimum Gasteiger partial charge on any atom is -0.341 e. The first-order valence-corrected chi connectivity index (χ1v) is 10.6. The van der Waals surface area contributed by atoms with E-state index in [0.717, 1.165) is 32.9 Å². The summed E-state index contributed by atoms with van der Waals surface area (Å²) in [7, 11) is 3.17. The fraction of sp³-hybridized carbons (Fsp3) is 0.238. The van der Waals surface area contributed by atoms with Crippen LogP contribution in [0.4, 0.5) is 0 Å². The third kappa shape index (κ3) is 2.52. The molecule has 4 aromatic rings. The van der Waals surface area contributed by atoms with Crippen molar-refractivity contribution < 1.29 is 0 Å². The topological polar surface area (TPSA) is 85.6 Å². The molecule has 3 aromatic heterocycles. The van der Waals surface area contributed by atoms with E-state index in [1.54, 1.807) is 30.6 Å². The lowest BCUT2D eigenvalue weighted by Crippen LogP contribution is -2.37. The number of rotatable bonds is 2. The maximum atomic E-state index is 13.2. The van der Waals surface area contributed by atoms with Gasteiger partial charge in [-0.05, 0) is 18.6 Å². The van der Waals surface area contributed by atoms with Crippen molar-refractivity contribution in [3.05, 3.63) is 71.9 Å². The van der Waals surface area contributed by atoms with Gasteiger partial charge in [-0.2, -0.15) is 5.26 Å². The van der Waals surface area contributed by atoms with Crippen LogP contribution in [0.1, 0.15) is 28.6 Å². The van der Waals surface area contributed by atoms with Gasteiger partial charge in [-0.3, -0.25) is 13.9 Å². The van der Waals surface area contributed by atoms with Crippen LogP contribution in [0.5, 0.6) is 0 Å². The highest BCUT2D eigenvalue weighted by Gasteiger charge is 2.35. The largest absolute Gasteiger partial charge is 0.341 e. The number of hydrogen-bond acceptors (Lipinski definition) is 5. The second kappa shape index (κ2) is 6.69. The van der Waals surface area contributed by atoms with Gasteiger partial charge in [-0.1, -0.05) is 23.7 Å². The molecule has 0 saturated carbocycles. The van der Waals surface area contributed by atoms with E-state index in [1.165, 1.54) is 23.0 Å². The molecule has 0 bridgehead atoms. The molecule has 1 aliphatic heterocycles. The van der Waals surface area contributed by atoms with E-state index < -0.39 is 0 Å². The van der Waals surface area contributed by atoms with Crippen molar-refractivity contribution in [1.29, 1.82) is 5.26 Å². The molecule has 7 nitrogen and oxygen atoms in total. The number of fused-ring (bicyclic) bond motifs is 3. The normalized spacial score (nSPS) is 15.5. The number of thiazole rings is 1. The van der Waals surface area contributed by atoms with Gasteiger partial charge < -0.3 is 4.57 Å². The average molecular weight is 438 g/mol. The molecule has 1 unspecified atom stereocenters. The summed E-state index contributed by atoms with van der Waals surface area (Å²) in [6.45, 7) is 0.676. The zero-order valence-electron chi connectivity index (χ0n) is 16.2. The second-order valence-electron chi connectivity index (χ2n) is 7.36. The average Bonchev–Trinajstić information content (AvgIpc) is 3.44. The Hall–Kier alpha value is -3.15. The van der Waals surface area contributed by atoms with E-state index in [2.05, 4.69) is 15.6 Å². The van der Waals surface area contributed by atoms with Crippen LogP contribution < -0.4 is 11.2 Å². The first-order valence-electron chi connectivity index (χ1n) is 9.36.